The lowest BCUT2D eigenvalue weighted by molar-refractivity contribution is -0.121. The number of ketones is 1. The Bertz CT molecular complexity index is 1370. The van der Waals surface area contributed by atoms with Crippen LogP contribution >= 0.6 is 0 Å². The fourth-order valence-corrected chi connectivity index (χ4v) is 5.66. The molecule has 0 spiro atoms. The van der Waals surface area contributed by atoms with Gasteiger partial charge in [-0.1, -0.05) is 19.9 Å². The van der Waals surface area contributed by atoms with Gasteiger partial charge >= 0.3 is 0 Å². The number of aromatic amines is 1. The molecule has 0 amide bonds. The normalized spacial score (nSPS) is 18.4. The van der Waals surface area contributed by atoms with Crippen LogP contribution < -0.4 is 0 Å². The van der Waals surface area contributed by atoms with Gasteiger partial charge in [-0.15, -0.1) is 0 Å². The Kier molecular flexibility index (Phi) is 5.80. The maximum absolute atomic E-state index is 12.2. The summed E-state index contributed by atoms with van der Waals surface area (Å²) in [4.78, 5) is 22.3. The molecule has 0 aliphatic heterocycles. The molecule has 0 radical (unpaired) electrons. The Morgan fingerprint density at radius 2 is 1.97 bits per heavy atom. The second-order valence-electron chi connectivity index (χ2n) is 10.7. The molecule has 4 aromatic rings. The van der Waals surface area contributed by atoms with Crippen molar-refractivity contribution in [3.63, 3.8) is 0 Å². The third-order valence-corrected chi connectivity index (χ3v) is 7.55. The monoisotopic (exact) mass is 457 g/mol. The highest BCUT2D eigenvalue weighted by molar-refractivity contribution is 5.92. The summed E-state index contributed by atoms with van der Waals surface area (Å²) < 4.78 is 1.88. The molecule has 3 aromatic heterocycles. The number of likely N-dealkylation sites (N-methyl/N-ethyl adjacent to an activating group) is 1. The van der Waals surface area contributed by atoms with Gasteiger partial charge in [-0.2, -0.15) is 5.10 Å². The van der Waals surface area contributed by atoms with E-state index in [0.29, 0.717) is 36.5 Å². The first-order chi connectivity index (χ1) is 16.2. The van der Waals surface area contributed by atoms with Crippen molar-refractivity contribution in [3.05, 3.63) is 53.0 Å². The van der Waals surface area contributed by atoms with Crippen molar-refractivity contribution in [3.8, 4) is 11.3 Å². The number of carbonyl (C=O) groups excluding carboxylic acids is 1. The predicted octanol–water partition coefficient (Wildman–Crippen LogP) is 5.63. The Morgan fingerprint density at radius 1 is 1.21 bits per heavy atom. The van der Waals surface area contributed by atoms with Crippen molar-refractivity contribution in [2.75, 3.05) is 20.6 Å². The molecule has 1 saturated carbocycles. The Hall–Kier alpha value is -2.99. The zero-order valence-corrected chi connectivity index (χ0v) is 21.1. The van der Waals surface area contributed by atoms with Gasteiger partial charge in [0.15, 0.2) is 5.65 Å². The highest BCUT2D eigenvalue weighted by atomic mass is 16.1. The molecule has 178 valence electrons. The summed E-state index contributed by atoms with van der Waals surface area (Å²) >= 11 is 0. The fourth-order valence-electron chi connectivity index (χ4n) is 5.66. The first-order valence-corrected chi connectivity index (χ1v) is 12.3. The van der Waals surface area contributed by atoms with Gasteiger partial charge in [0.2, 0.25) is 0 Å². The summed E-state index contributed by atoms with van der Waals surface area (Å²) in [5.74, 6) is 1.81. The number of pyridine rings is 1. The number of Topliss-reactive ketones (excluding diaryl/α,β-unsaturated/α-hetero) is 1. The van der Waals surface area contributed by atoms with Gasteiger partial charge in [0.25, 0.3) is 0 Å². The number of hydrogen-bond acceptors (Lipinski definition) is 4. The minimum atomic E-state index is 0.358. The second kappa shape index (κ2) is 8.66. The van der Waals surface area contributed by atoms with E-state index in [1.807, 2.05) is 23.5 Å². The van der Waals surface area contributed by atoms with Gasteiger partial charge in [-0.05, 0) is 92.9 Å². The minimum absolute atomic E-state index is 0.358. The van der Waals surface area contributed by atoms with Crippen molar-refractivity contribution >= 4 is 22.3 Å². The van der Waals surface area contributed by atoms with Crippen molar-refractivity contribution < 1.29 is 4.79 Å². The van der Waals surface area contributed by atoms with Crippen LogP contribution in [-0.2, 0) is 4.79 Å². The first-order valence-electron chi connectivity index (χ1n) is 12.3. The molecule has 1 aromatic carbocycles. The van der Waals surface area contributed by atoms with E-state index in [2.05, 4.69) is 67.2 Å². The lowest BCUT2D eigenvalue weighted by atomic mass is 9.69. The summed E-state index contributed by atoms with van der Waals surface area (Å²) in [5, 5.41) is 5.71. The molecule has 0 bridgehead atoms. The van der Waals surface area contributed by atoms with Gasteiger partial charge in [0.05, 0.1) is 12.2 Å². The molecular formula is C28H35N5O. The van der Waals surface area contributed by atoms with Crippen LogP contribution in [0.4, 0.5) is 0 Å². The largest absolute Gasteiger partial charge is 0.354 e. The summed E-state index contributed by atoms with van der Waals surface area (Å²) in [7, 11) is 3.92. The van der Waals surface area contributed by atoms with E-state index >= 15 is 0 Å². The van der Waals surface area contributed by atoms with Crippen LogP contribution in [0.25, 0.3) is 27.8 Å². The van der Waals surface area contributed by atoms with E-state index in [1.54, 1.807) is 6.33 Å². The smallest absolute Gasteiger partial charge is 0.158 e. The molecule has 0 atom stereocenters. The maximum Gasteiger partial charge on any atom is 0.158 e. The highest BCUT2D eigenvalue weighted by Crippen LogP contribution is 2.45. The van der Waals surface area contributed by atoms with Crippen molar-refractivity contribution in [2.24, 2.45) is 5.92 Å². The third kappa shape index (κ3) is 3.94. The number of rotatable bonds is 7. The number of aromatic nitrogens is 4. The van der Waals surface area contributed by atoms with Crippen LogP contribution in [0.2, 0.25) is 0 Å². The summed E-state index contributed by atoms with van der Waals surface area (Å²) in [5.41, 5.74) is 9.60. The average Bonchev–Trinajstić information content (AvgIpc) is 3.36. The van der Waals surface area contributed by atoms with E-state index in [9.17, 15) is 4.79 Å². The van der Waals surface area contributed by atoms with Crippen LogP contribution in [0.5, 0.6) is 0 Å². The van der Waals surface area contributed by atoms with Gasteiger partial charge in [0.1, 0.15) is 12.1 Å². The fraction of sp³-hybridized carbons (Fsp3) is 0.464. The van der Waals surface area contributed by atoms with Crippen LogP contribution in [-0.4, -0.2) is 50.9 Å². The van der Waals surface area contributed by atoms with Crippen LogP contribution in [0.15, 0.2) is 30.7 Å². The molecule has 5 rings (SSSR count). The molecule has 1 fully saturated rings. The number of hydrogen-bond donors (Lipinski definition) is 1. The zero-order chi connectivity index (χ0) is 24.1. The summed E-state index contributed by atoms with van der Waals surface area (Å²) in [6, 6.07) is 6.90. The molecule has 3 heterocycles. The minimum Gasteiger partial charge on any atom is -0.354 e. The third-order valence-electron chi connectivity index (χ3n) is 7.55. The molecule has 1 N–H and O–H groups in total. The molecule has 6 nitrogen and oxygen atoms in total. The quantitative estimate of drug-likeness (QED) is 0.390. The summed E-state index contributed by atoms with van der Waals surface area (Å²) in [6.45, 7) is 9.38. The number of benzene rings is 1. The molecule has 0 unspecified atom stereocenters. The maximum atomic E-state index is 12.2. The Balaban J connectivity index is 1.47. The first kappa shape index (κ1) is 22.8. The topological polar surface area (TPSA) is 66.3 Å². The number of carbonyl (C=O) groups is 1. The molecular weight excluding hydrogens is 422 g/mol. The Morgan fingerprint density at radius 3 is 2.68 bits per heavy atom. The molecule has 34 heavy (non-hydrogen) atoms. The van der Waals surface area contributed by atoms with E-state index in [1.165, 1.54) is 38.9 Å². The highest BCUT2D eigenvalue weighted by Gasteiger charge is 2.32. The average molecular weight is 458 g/mol. The number of fused-ring (bicyclic) bond motifs is 2. The predicted molar refractivity (Wildman–Crippen MR) is 137 cm³/mol. The van der Waals surface area contributed by atoms with Gasteiger partial charge in [-0.3, -0.25) is 4.79 Å². The lowest BCUT2D eigenvalue weighted by Crippen LogP contribution is -2.28. The molecule has 6 heteroatoms. The van der Waals surface area contributed by atoms with Crippen LogP contribution in [0.3, 0.4) is 0 Å². The van der Waals surface area contributed by atoms with Crippen molar-refractivity contribution in [1.29, 1.82) is 0 Å². The van der Waals surface area contributed by atoms with Crippen molar-refractivity contribution in [2.45, 2.75) is 58.8 Å². The van der Waals surface area contributed by atoms with E-state index in [-0.39, 0.29) is 0 Å². The standard InChI is InChI=1S/C28H35N5O/c1-16(2)26-23-12-20(21-9-19(10-21)11-22(34)13-32(5)6)7-8-25(23)31-27(26)24-14-33-28(29-15-30-33)18(4)17(24)3/h7-8,12,14-16,19,21,31H,9-11,13H2,1-6H3. The van der Waals surface area contributed by atoms with Gasteiger partial charge in [-0.25, -0.2) is 9.50 Å². The van der Waals surface area contributed by atoms with Crippen LogP contribution in [0, 0.1) is 19.8 Å². The Labute approximate surface area is 201 Å². The molecule has 1 aliphatic carbocycles. The van der Waals surface area contributed by atoms with Crippen molar-refractivity contribution in [1.82, 2.24) is 24.5 Å². The molecule has 0 saturated heterocycles. The van der Waals surface area contributed by atoms with E-state index in [0.717, 1.165) is 24.1 Å². The lowest BCUT2D eigenvalue weighted by Gasteiger charge is -2.35. The van der Waals surface area contributed by atoms with Gasteiger partial charge < -0.3 is 9.88 Å². The van der Waals surface area contributed by atoms with E-state index < -0.39 is 0 Å². The number of nitrogens with zero attached hydrogens (tertiary/aromatic N) is 4. The van der Waals surface area contributed by atoms with Crippen LogP contribution in [0.1, 0.15) is 67.2 Å². The summed E-state index contributed by atoms with van der Waals surface area (Å²) in [6.07, 6.45) is 6.65. The van der Waals surface area contributed by atoms with E-state index in [4.69, 9.17) is 0 Å². The number of nitrogens with one attached hydrogen (secondary N) is 1. The number of aryl methyl sites for hydroxylation is 1. The van der Waals surface area contributed by atoms with Gasteiger partial charge in [0, 0.05) is 29.1 Å². The SMILES string of the molecule is Cc1c(-c2[nH]c3ccc(C4CC(CC(=O)CN(C)C)C4)cc3c2C(C)C)cn2ncnc2c1C. The molecule has 1 aliphatic rings. The second-order valence-corrected chi connectivity index (χ2v) is 10.7. The zero-order valence-electron chi connectivity index (χ0n) is 21.1. The number of H-pyrrole nitrogens is 1.